The number of fused-ring (bicyclic) bond motifs is 1. The summed E-state index contributed by atoms with van der Waals surface area (Å²) < 4.78 is 12.2. The summed E-state index contributed by atoms with van der Waals surface area (Å²) in [6.45, 7) is 5.03. The second-order valence-corrected chi connectivity index (χ2v) is 8.87. The Bertz CT molecular complexity index is 1300. The molecular weight excluding hydrogens is 472 g/mol. The first-order chi connectivity index (χ1) is 16.8. The molecule has 1 aliphatic heterocycles. The molecule has 0 atom stereocenters. The van der Waals surface area contributed by atoms with Gasteiger partial charge >= 0.3 is 5.97 Å². The number of benzene rings is 2. The van der Waals surface area contributed by atoms with Gasteiger partial charge in [0.05, 0.1) is 24.1 Å². The Balaban J connectivity index is 1.69. The number of aromatic nitrogens is 2. The van der Waals surface area contributed by atoms with E-state index < -0.39 is 17.3 Å². The zero-order valence-corrected chi connectivity index (χ0v) is 20.4. The van der Waals surface area contributed by atoms with Gasteiger partial charge in [-0.3, -0.25) is 24.0 Å². The first-order valence-electron chi connectivity index (χ1n) is 11.3. The maximum Gasteiger partial charge on any atom is 0.302 e. The lowest BCUT2D eigenvalue weighted by Crippen LogP contribution is -2.35. The van der Waals surface area contributed by atoms with E-state index >= 15 is 0 Å². The van der Waals surface area contributed by atoms with Crippen LogP contribution in [0, 0.1) is 0 Å². The number of halogens is 1. The van der Waals surface area contributed by atoms with Crippen LogP contribution in [0.4, 0.5) is 0 Å². The summed E-state index contributed by atoms with van der Waals surface area (Å²) in [7, 11) is 1.66. The Morgan fingerprint density at radius 1 is 1.14 bits per heavy atom. The minimum atomic E-state index is -0.567. The molecule has 0 radical (unpaired) electrons. The van der Waals surface area contributed by atoms with Crippen LogP contribution in [0.5, 0.6) is 0 Å². The van der Waals surface area contributed by atoms with Crippen LogP contribution in [0.15, 0.2) is 41.2 Å². The van der Waals surface area contributed by atoms with Gasteiger partial charge < -0.3 is 14.8 Å². The molecule has 0 spiro atoms. The summed E-state index contributed by atoms with van der Waals surface area (Å²) in [6, 6.07) is 10.8. The van der Waals surface area contributed by atoms with Crippen LogP contribution in [0.2, 0.25) is 5.02 Å². The third kappa shape index (κ3) is 6.05. The Kier molecular flexibility index (Phi) is 7.80. The molecule has 3 aromatic rings. The summed E-state index contributed by atoms with van der Waals surface area (Å²) in [6.07, 6.45) is 0. The van der Waals surface area contributed by atoms with Crippen molar-refractivity contribution in [2.45, 2.75) is 26.6 Å². The molecule has 1 saturated heterocycles. The topological polar surface area (TPSA) is 103 Å². The number of nitrogens with zero attached hydrogens (tertiary/aromatic N) is 3. The highest BCUT2D eigenvalue weighted by atomic mass is 35.5. The number of carbonyl (C=O) groups is 2. The van der Waals surface area contributed by atoms with Gasteiger partial charge in [0.2, 0.25) is 5.43 Å². The minimum Gasteiger partial charge on any atom is -0.461 e. The molecule has 0 saturated carbocycles. The molecule has 10 heteroatoms. The van der Waals surface area contributed by atoms with Crippen LogP contribution in [0.25, 0.3) is 10.9 Å². The van der Waals surface area contributed by atoms with Crippen molar-refractivity contribution in [3.05, 3.63) is 74.0 Å². The minimum absolute atomic E-state index is 0.000145. The van der Waals surface area contributed by atoms with Gasteiger partial charge in [-0.15, -0.1) is 0 Å². The van der Waals surface area contributed by atoms with E-state index in [2.05, 4.69) is 15.3 Å². The molecule has 4 rings (SSSR count). The van der Waals surface area contributed by atoms with E-state index in [4.69, 9.17) is 21.1 Å². The Labute approximate surface area is 207 Å². The number of hydrogen-bond donors (Lipinski definition) is 1. The monoisotopic (exact) mass is 498 g/mol. The highest BCUT2D eigenvalue weighted by Crippen LogP contribution is 2.21. The molecule has 0 aliphatic carbocycles. The van der Waals surface area contributed by atoms with Crippen LogP contribution in [-0.2, 0) is 41.0 Å². The molecule has 184 valence electrons. The van der Waals surface area contributed by atoms with E-state index in [-0.39, 0.29) is 18.8 Å². The Morgan fingerprint density at radius 3 is 2.54 bits per heavy atom. The first kappa shape index (κ1) is 24.8. The quantitative estimate of drug-likeness (QED) is 0.499. The van der Waals surface area contributed by atoms with Crippen molar-refractivity contribution in [2.75, 3.05) is 26.3 Å². The number of amides is 1. The number of rotatable bonds is 7. The first-order valence-corrected chi connectivity index (χ1v) is 11.7. The number of nitrogens with one attached hydrogen (secondary N) is 1. The van der Waals surface area contributed by atoms with Crippen LogP contribution in [0.1, 0.15) is 34.1 Å². The number of carbonyl (C=O) groups excluding carboxylic acids is 2. The standard InChI is InChI=1S/C25H27ClN4O5/c1-16(31)35-15-19-11-18(14-30-7-9-34-10-8-30)12-21-23(19)29(2)28-22(24(21)32)25(33)27-13-17-3-5-20(26)6-4-17/h3-6,11-12H,7-10,13-15H2,1-2H3,(H,27,33). The van der Waals surface area contributed by atoms with E-state index in [1.54, 1.807) is 37.4 Å². The van der Waals surface area contributed by atoms with Gasteiger partial charge in [0.25, 0.3) is 5.91 Å². The maximum absolute atomic E-state index is 13.4. The van der Waals surface area contributed by atoms with Crippen molar-refractivity contribution >= 4 is 34.4 Å². The fourth-order valence-electron chi connectivity index (χ4n) is 4.10. The lowest BCUT2D eigenvalue weighted by Gasteiger charge is -2.27. The molecule has 35 heavy (non-hydrogen) atoms. The highest BCUT2D eigenvalue weighted by Gasteiger charge is 2.20. The van der Waals surface area contributed by atoms with Gasteiger partial charge in [-0.1, -0.05) is 23.7 Å². The second-order valence-electron chi connectivity index (χ2n) is 8.43. The lowest BCUT2D eigenvalue weighted by molar-refractivity contribution is -0.142. The van der Waals surface area contributed by atoms with E-state index in [9.17, 15) is 14.4 Å². The Morgan fingerprint density at radius 2 is 1.86 bits per heavy atom. The normalized spacial score (nSPS) is 14.1. The Hall–Kier alpha value is -3.27. The van der Waals surface area contributed by atoms with Crippen molar-refractivity contribution in [1.29, 1.82) is 0 Å². The van der Waals surface area contributed by atoms with E-state index in [1.165, 1.54) is 11.6 Å². The molecule has 1 N–H and O–H groups in total. The molecule has 9 nitrogen and oxygen atoms in total. The van der Waals surface area contributed by atoms with Crippen LogP contribution in [-0.4, -0.2) is 52.9 Å². The SMILES string of the molecule is CC(=O)OCc1cc(CN2CCOCC2)cc2c(=O)c(C(=O)NCc3ccc(Cl)cc3)nn(C)c12. The summed E-state index contributed by atoms with van der Waals surface area (Å²) in [5.74, 6) is -0.990. The van der Waals surface area contributed by atoms with Crippen LogP contribution in [0.3, 0.4) is 0 Å². The van der Waals surface area contributed by atoms with Gasteiger partial charge in [0.15, 0.2) is 5.69 Å². The van der Waals surface area contributed by atoms with Crippen molar-refractivity contribution in [1.82, 2.24) is 20.0 Å². The highest BCUT2D eigenvalue weighted by molar-refractivity contribution is 6.30. The predicted octanol–water partition coefficient (Wildman–Crippen LogP) is 2.41. The molecule has 2 heterocycles. The third-order valence-corrected chi connectivity index (χ3v) is 6.06. The molecule has 1 aromatic heterocycles. The third-order valence-electron chi connectivity index (χ3n) is 5.80. The summed E-state index contributed by atoms with van der Waals surface area (Å²) in [5.41, 5.74) is 2.24. The summed E-state index contributed by atoms with van der Waals surface area (Å²) >= 11 is 5.91. The second kappa shape index (κ2) is 11.0. The molecule has 1 aliphatic rings. The van der Waals surface area contributed by atoms with E-state index in [0.29, 0.717) is 41.2 Å². The largest absolute Gasteiger partial charge is 0.461 e. The van der Waals surface area contributed by atoms with Crippen molar-refractivity contribution in [2.24, 2.45) is 7.05 Å². The van der Waals surface area contributed by atoms with Crippen molar-refractivity contribution < 1.29 is 19.1 Å². The molecule has 2 aromatic carbocycles. The number of ether oxygens (including phenoxy) is 2. The van der Waals surface area contributed by atoms with Gasteiger partial charge in [-0.05, 0) is 35.4 Å². The summed E-state index contributed by atoms with van der Waals surface area (Å²) in [4.78, 5) is 40.0. The van der Waals surface area contributed by atoms with Crippen LogP contribution < -0.4 is 10.7 Å². The van der Waals surface area contributed by atoms with Gasteiger partial charge in [-0.25, -0.2) is 0 Å². The summed E-state index contributed by atoms with van der Waals surface area (Å²) in [5, 5.41) is 7.97. The van der Waals surface area contributed by atoms with Gasteiger partial charge in [0, 0.05) is 50.7 Å². The van der Waals surface area contributed by atoms with Crippen LogP contribution >= 0.6 is 11.6 Å². The van der Waals surface area contributed by atoms with Gasteiger partial charge in [0.1, 0.15) is 6.61 Å². The zero-order valence-electron chi connectivity index (χ0n) is 19.7. The fraction of sp³-hybridized carbons (Fsp3) is 0.360. The van der Waals surface area contributed by atoms with Crippen molar-refractivity contribution in [3.63, 3.8) is 0 Å². The molecular formula is C25H27ClN4O5. The van der Waals surface area contributed by atoms with E-state index in [0.717, 1.165) is 24.2 Å². The zero-order chi connectivity index (χ0) is 24.9. The van der Waals surface area contributed by atoms with E-state index in [1.807, 2.05) is 6.07 Å². The number of hydrogen-bond acceptors (Lipinski definition) is 7. The number of aryl methyl sites for hydroxylation is 1. The van der Waals surface area contributed by atoms with Gasteiger partial charge in [-0.2, -0.15) is 5.10 Å². The number of esters is 1. The average Bonchev–Trinajstić information content (AvgIpc) is 2.84. The average molecular weight is 499 g/mol. The molecule has 1 fully saturated rings. The smallest absolute Gasteiger partial charge is 0.302 e. The molecule has 0 bridgehead atoms. The predicted molar refractivity (Wildman–Crippen MR) is 131 cm³/mol. The maximum atomic E-state index is 13.4. The lowest BCUT2D eigenvalue weighted by atomic mass is 10.0. The molecule has 1 amide bonds. The molecule has 0 unspecified atom stereocenters. The number of morpholine rings is 1. The fourth-order valence-corrected chi connectivity index (χ4v) is 4.23. The van der Waals surface area contributed by atoms with Crippen molar-refractivity contribution in [3.8, 4) is 0 Å².